The second kappa shape index (κ2) is 6.86. The molecule has 0 radical (unpaired) electrons. The Balaban J connectivity index is 1.52. The highest BCUT2D eigenvalue weighted by atomic mass is 32.2. The van der Waals surface area contributed by atoms with E-state index in [9.17, 15) is 31.6 Å². The van der Waals surface area contributed by atoms with E-state index in [4.69, 9.17) is 14.0 Å². The number of ether oxygens (including phenoxy) is 4. The lowest BCUT2D eigenvalue weighted by atomic mass is 9.67. The van der Waals surface area contributed by atoms with Crippen LogP contribution < -0.4 is 0 Å². The number of halogens is 2. The number of alkyl halides is 2. The van der Waals surface area contributed by atoms with Crippen LogP contribution in [0.5, 0.6) is 0 Å². The van der Waals surface area contributed by atoms with Crippen molar-refractivity contribution in [3.63, 3.8) is 0 Å². The summed E-state index contributed by atoms with van der Waals surface area (Å²) in [6.45, 7) is -1.35. The van der Waals surface area contributed by atoms with Gasteiger partial charge in [0.2, 0.25) is 6.79 Å². The van der Waals surface area contributed by atoms with Gasteiger partial charge in [-0.05, 0) is 31.6 Å². The van der Waals surface area contributed by atoms with Crippen molar-refractivity contribution in [2.45, 2.75) is 43.1 Å². The molecule has 13 heteroatoms. The van der Waals surface area contributed by atoms with Gasteiger partial charge in [0, 0.05) is 5.92 Å². The minimum atomic E-state index is -6.02. The van der Waals surface area contributed by atoms with Gasteiger partial charge in [-0.2, -0.15) is 17.2 Å². The maximum Gasteiger partial charge on any atom is 0.511 e. The zero-order chi connectivity index (χ0) is 20.0. The smallest absolute Gasteiger partial charge is 0.458 e. The molecule has 0 amide bonds. The molecular formula is C14H16F2O10S. The Morgan fingerprint density at radius 3 is 2.56 bits per heavy atom. The van der Waals surface area contributed by atoms with E-state index in [1.54, 1.807) is 0 Å². The zero-order valence-corrected chi connectivity index (χ0v) is 14.5. The molecule has 152 valence electrons. The number of hydrogen-bond acceptors (Lipinski definition) is 9. The van der Waals surface area contributed by atoms with Gasteiger partial charge < -0.3 is 18.9 Å². The second-order valence-electron chi connectivity index (χ2n) is 6.76. The first-order valence-corrected chi connectivity index (χ1v) is 9.49. The normalized spacial score (nSPS) is 32.4. The number of carbonyl (C=O) groups excluding carboxylic acids is 3. The molecule has 0 spiro atoms. The number of esters is 2. The van der Waals surface area contributed by atoms with Crippen LogP contribution in [0.3, 0.4) is 0 Å². The lowest BCUT2D eigenvalue weighted by molar-refractivity contribution is -0.174. The van der Waals surface area contributed by atoms with Crippen LogP contribution in [-0.2, 0) is 38.7 Å². The fourth-order valence-corrected chi connectivity index (χ4v) is 4.17. The Morgan fingerprint density at radius 1 is 1.19 bits per heavy atom. The highest BCUT2D eigenvalue weighted by Crippen LogP contribution is 2.48. The van der Waals surface area contributed by atoms with E-state index >= 15 is 0 Å². The fourth-order valence-electron chi connectivity index (χ4n) is 3.90. The second-order valence-corrected chi connectivity index (χ2v) is 8.22. The number of carbonyl (C=O) groups is 3. The van der Waals surface area contributed by atoms with Crippen molar-refractivity contribution < 1.29 is 55.1 Å². The molecule has 27 heavy (non-hydrogen) atoms. The predicted octanol–water partition coefficient (Wildman–Crippen LogP) is 0.851. The third-order valence-electron chi connectivity index (χ3n) is 5.00. The van der Waals surface area contributed by atoms with Crippen LogP contribution in [0.2, 0.25) is 0 Å². The van der Waals surface area contributed by atoms with Crippen molar-refractivity contribution in [3.8, 4) is 0 Å². The maximum absolute atomic E-state index is 13.0. The SMILES string of the molecule is O=C(OCOC(=O)C(F)(F)S(=O)(=O)O)OC1C2CC3CC(C2)C(=O)OC1C3. The van der Waals surface area contributed by atoms with E-state index in [-0.39, 0.29) is 17.8 Å². The van der Waals surface area contributed by atoms with E-state index < -0.39 is 46.5 Å². The Bertz CT molecular complexity index is 751. The average molecular weight is 414 g/mol. The number of fused-ring (bicyclic) bond motifs is 1. The molecule has 4 rings (SSSR count). The monoisotopic (exact) mass is 414 g/mol. The molecule has 0 aromatic heterocycles. The Hall–Kier alpha value is -2.02. The zero-order valence-electron chi connectivity index (χ0n) is 13.7. The van der Waals surface area contributed by atoms with Crippen molar-refractivity contribution >= 4 is 28.2 Å². The lowest BCUT2D eigenvalue weighted by Crippen LogP contribution is -2.45. The quantitative estimate of drug-likeness (QED) is 0.298. The third kappa shape index (κ3) is 3.83. The minimum Gasteiger partial charge on any atom is -0.458 e. The van der Waals surface area contributed by atoms with E-state index in [0.29, 0.717) is 18.8 Å². The van der Waals surface area contributed by atoms with Gasteiger partial charge in [-0.25, -0.2) is 9.59 Å². The lowest BCUT2D eigenvalue weighted by Gasteiger charge is -2.40. The summed E-state index contributed by atoms with van der Waals surface area (Å²) in [5.41, 5.74) is 0. The topological polar surface area (TPSA) is 142 Å². The van der Waals surface area contributed by atoms with Crippen LogP contribution in [0.15, 0.2) is 0 Å². The van der Waals surface area contributed by atoms with Gasteiger partial charge >= 0.3 is 33.5 Å². The highest BCUT2D eigenvalue weighted by molar-refractivity contribution is 7.87. The average Bonchev–Trinajstić information content (AvgIpc) is 2.71. The van der Waals surface area contributed by atoms with Crippen LogP contribution in [0.4, 0.5) is 13.6 Å². The fraction of sp³-hybridized carbons (Fsp3) is 0.786. The van der Waals surface area contributed by atoms with E-state index in [1.165, 1.54) is 0 Å². The Kier molecular flexibility index (Phi) is 5.01. The summed E-state index contributed by atoms with van der Waals surface area (Å²) in [7, 11) is -6.02. The van der Waals surface area contributed by atoms with Crippen LogP contribution in [-0.4, -0.2) is 55.3 Å². The van der Waals surface area contributed by atoms with Crippen LogP contribution >= 0.6 is 0 Å². The molecule has 4 aliphatic rings. The summed E-state index contributed by atoms with van der Waals surface area (Å²) >= 11 is 0. The third-order valence-corrected chi connectivity index (χ3v) is 5.81. The van der Waals surface area contributed by atoms with Crippen molar-refractivity contribution in [1.29, 1.82) is 0 Å². The molecule has 2 heterocycles. The van der Waals surface area contributed by atoms with E-state index in [1.807, 2.05) is 0 Å². The minimum absolute atomic E-state index is 0.113. The molecule has 5 unspecified atom stereocenters. The maximum atomic E-state index is 13.0. The molecule has 4 fully saturated rings. The molecule has 2 saturated carbocycles. The van der Waals surface area contributed by atoms with Gasteiger partial charge in [0.15, 0.2) is 0 Å². The van der Waals surface area contributed by atoms with Crippen molar-refractivity contribution in [2.75, 3.05) is 6.79 Å². The number of rotatable bonds is 5. The van der Waals surface area contributed by atoms with Crippen molar-refractivity contribution in [2.24, 2.45) is 17.8 Å². The van der Waals surface area contributed by atoms with Gasteiger partial charge in [0.1, 0.15) is 12.2 Å². The van der Waals surface area contributed by atoms with Gasteiger partial charge in [0.05, 0.1) is 5.92 Å². The van der Waals surface area contributed by atoms with Crippen LogP contribution in [0.25, 0.3) is 0 Å². The highest BCUT2D eigenvalue weighted by Gasteiger charge is 2.54. The van der Waals surface area contributed by atoms with Gasteiger partial charge in [-0.3, -0.25) is 9.35 Å². The van der Waals surface area contributed by atoms with E-state index in [0.717, 1.165) is 12.8 Å². The first kappa shape index (κ1) is 19.7. The summed E-state index contributed by atoms with van der Waals surface area (Å²) in [6.07, 6.45) is -0.235. The number of hydrogen-bond donors (Lipinski definition) is 1. The van der Waals surface area contributed by atoms with Gasteiger partial charge in [-0.15, -0.1) is 0 Å². The van der Waals surface area contributed by atoms with Gasteiger partial charge in [0.25, 0.3) is 0 Å². The largest absolute Gasteiger partial charge is 0.511 e. The summed E-state index contributed by atoms with van der Waals surface area (Å²) in [5.74, 6) is -3.01. The summed E-state index contributed by atoms with van der Waals surface area (Å²) in [4.78, 5) is 34.6. The Labute approximate surface area is 151 Å². The molecule has 10 nitrogen and oxygen atoms in total. The molecular weight excluding hydrogens is 398 g/mol. The molecule has 2 aliphatic carbocycles. The van der Waals surface area contributed by atoms with Crippen molar-refractivity contribution in [1.82, 2.24) is 0 Å². The molecule has 5 atom stereocenters. The molecule has 0 aromatic rings. The van der Waals surface area contributed by atoms with Crippen LogP contribution in [0, 0.1) is 17.8 Å². The summed E-state index contributed by atoms with van der Waals surface area (Å²) < 4.78 is 73.5. The van der Waals surface area contributed by atoms with Crippen molar-refractivity contribution in [3.05, 3.63) is 0 Å². The Morgan fingerprint density at radius 2 is 1.89 bits per heavy atom. The first-order chi connectivity index (χ1) is 12.5. The van der Waals surface area contributed by atoms with E-state index in [2.05, 4.69) is 9.47 Å². The first-order valence-electron chi connectivity index (χ1n) is 8.05. The van der Waals surface area contributed by atoms with Crippen LogP contribution in [0.1, 0.15) is 25.7 Å². The molecule has 4 bridgehead atoms. The molecule has 1 N–H and O–H groups in total. The standard InChI is InChI=1S/C14H16F2O10S/c15-14(16,27(20,21)22)12(18)23-5-24-13(19)26-10-7-1-6-2-8(4-7)11(17)25-9(10)3-6/h6-10H,1-5H2,(H,20,21,22). The molecule has 2 saturated heterocycles. The summed E-state index contributed by atoms with van der Waals surface area (Å²) in [6, 6.07) is 0. The molecule has 2 aliphatic heterocycles. The van der Waals surface area contributed by atoms with Gasteiger partial charge in [-0.1, -0.05) is 0 Å². The predicted molar refractivity (Wildman–Crippen MR) is 77.6 cm³/mol. The molecule has 0 aromatic carbocycles. The summed E-state index contributed by atoms with van der Waals surface area (Å²) in [5, 5.41) is -5.20.